The van der Waals surface area contributed by atoms with Crippen LogP contribution in [0.25, 0.3) is 0 Å². The third-order valence-corrected chi connectivity index (χ3v) is 2.52. The van der Waals surface area contributed by atoms with Gasteiger partial charge < -0.3 is 10.4 Å². The van der Waals surface area contributed by atoms with Crippen molar-refractivity contribution in [1.82, 2.24) is 10.3 Å². The van der Waals surface area contributed by atoms with Crippen LogP contribution in [0.1, 0.15) is 38.1 Å². The Kier molecular flexibility index (Phi) is 5.26. The van der Waals surface area contributed by atoms with E-state index < -0.39 is 0 Å². The molecule has 2 N–H and O–H groups in total. The van der Waals surface area contributed by atoms with Crippen molar-refractivity contribution in [3.63, 3.8) is 0 Å². The lowest BCUT2D eigenvalue weighted by molar-refractivity contribution is 0.456. The maximum Gasteiger partial charge on any atom is 0.138 e. The summed E-state index contributed by atoms with van der Waals surface area (Å²) in [4.78, 5) is 4.29. The number of aromatic nitrogens is 1. The molecule has 16 heavy (non-hydrogen) atoms. The van der Waals surface area contributed by atoms with Crippen molar-refractivity contribution in [2.24, 2.45) is 5.92 Å². The molecule has 1 heterocycles. The van der Waals surface area contributed by atoms with Gasteiger partial charge in [0.15, 0.2) is 0 Å². The highest BCUT2D eigenvalue weighted by Crippen LogP contribution is 2.14. The normalized spacial score (nSPS) is 11.0. The van der Waals surface area contributed by atoms with Crippen molar-refractivity contribution in [2.45, 2.75) is 40.2 Å². The van der Waals surface area contributed by atoms with Crippen LogP contribution in [0.15, 0.2) is 12.1 Å². The van der Waals surface area contributed by atoms with E-state index in [1.807, 2.05) is 13.0 Å². The number of aryl methyl sites for hydroxylation is 1. The minimum absolute atomic E-state index is 0.280. The Balaban J connectivity index is 2.29. The summed E-state index contributed by atoms with van der Waals surface area (Å²) in [6, 6.07) is 3.52. The minimum Gasteiger partial charge on any atom is -0.506 e. The van der Waals surface area contributed by atoms with Crippen LogP contribution in [0, 0.1) is 12.8 Å². The lowest BCUT2D eigenvalue weighted by atomic mass is 10.1. The fourth-order valence-electron chi connectivity index (χ4n) is 1.58. The quantitative estimate of drug-likeness (QED) is 0.727. The number of nitrogens with zero attached hydrogens (tertiary/aromatic N) is 1. The molecule has 0 atom stereocenters. The van der Waals surface area contributed by atoms with Crippen LogP contribution < -0.4 is 5.32 Å². The maximum absolute atomic E-state index is 9.58. The van der Waals surface area contributed by atoms with Gasteiger partial charge in [-0.05, 0) is 44.4 Å². The van der Waals surface area contributed by atoms with Gasteiger partial charge in [0, 0.05) is 12.2 Å². The Morgan fingerprint density at radius 3 is 2.81 bits per heavy atom. The van der Waals surface area contributed by atoms with Gasteiger partial charge in [-0.15, -0.1) is 0 Å². The molecule has 0 aliphatic heterocycles. The Labute approximate surface area is 97.9 Å². The molecular weight excluding hydrogens is 200 g/mol. The molecular formula is C13H22N2O. The molecule has 1 aromatic rings. The molecule has 0 unspecified atom stereocenters. The summed E-state index contributed by atoms with van der Waals surface area (Å²) in [5.74, 6) is 1.04. The molecule has 3 heteroatoms. The molecule has 0 aliphatic rings. The van der Waals surface area contributed by atoms with E-state index >= 15 is 0 Å². The van der Waals surface area contributed by atoms with Crippen molar-refractivity contribution in [1.29, 1.82) is 0 Å². The number of pyridine rings is 1. The fourth-order valence-corrected chi connectivity index (χ4v) is 1.58. The SMILES string of the molecule is Cc1ccc(O)c(CNCCCC(C)C)n1. The highest BCUT2D eigenvalue weighted by atomic mass is 16.3. The van der Waals surface area contributed by atoms with E-state index in [9.17, 15) is 5.11 Å². The van der Waals surface area contributed by atoms with Crippen LogP contribution >= 0.6 is 0 Å². The van der Waals surface area contributed by atoms with E-state index in [2.05, 4.69) is 24.1 Å². The average molecular weight is 222 g/mol. The van der Waals surface area contributed by atoms with Gasteiger partial charge in [0.25, 0.3) is 0 Å². The van der Waals surface area contributed by atoms with Gasteiger partial charge in [-0.25, -0.2) is 0 Å². The Hall–Kier alpha value is -1.09. The zero-order chi connectivity index (χ0) is 12.0. The monoisotopic (exact) mass is 222 g/mol. The molecule has 0 aromatic carbocycles. The molecule has 0 saturated heterocycles. The highest BCUT2D eigenvalue weighted by molar-refractivity contribution is 5.27. The maximum atomic E-state index is 9.58. The lowest BCUT2D eigenvalue weighted by Gasteiger charge is -2.08. The largest absolute Gasteiger partial charge is 0.506 e. The molecule has 0 bridgehead atoms. The molecule has 0 spiro atoms. The zero-order valence-electron chi connectivity index (χ0n) is 10.5. The van der Waals surface area contributed by atoms with Gasteiger partial charge in [0.2, 0.25) is 0 Å². The third kappa shape index (κ3) is 4.62. The second kappa shape index (κ2) is 6.48. The molecule has 3 nitrogen and oxygen atoms in total. The van der Waals surface area contributed by atoms with Gasteiger partial charge in [0.05, 0.1) is 5.69 Å². The van der Waals surface area contributed by atoms with Crippen molar-refractivity contribution in [3.8, 4) is 5.75 Å². The predicted octanol–water partition coefficient (Wildman–Crippen LogP) is 2.62. The van der Waals surface area contributed by atoms with Crippen molar-refractivity contribution >= 4 is 0 Å². The van der Waals surface area contributed by atoms with E-state index in [0.717, 1.165) is 23.9 Å². The number of nitrogens with one attached hydrogen (secondary N) is 1. The van der Waals surface area contributed by atoms with Crippen LogP contribution in [0.2, 0.25) is 0 Å². The molecule has 0 radical (unpaired) electrons. The van der Waals surface area contributed by atoms with Crippen molar-refractivity contribution in [3.05, 3.63) is 23.5 Å². The molecule has 1 aromatic heterocycles. The van der Waals surface area contributed by atoms with Crippen LogP contribution in [0.5, 0.6) is 5.75 Å². The first-order valence-electron chi connectivity index (χ1n) is 5.96. The first kappa shape index (κ1) is 13.0. The lowest BCUT2D eigenvalue weighted by Crippen LogP contribution is -2.16. The molecule has 0 saturated carbocycles. The van der Waals surface area contributed by atoms with E-state index in [1.54, 1.807) is 6.07 Å². The number of aromatic hydroxyl groups is 1. The van der Waals surface area contributed by atoms with E-state index in [-0.39, 0.29) is 5.75 Å². The summed E-state index contributed by atoms with van der Waals surface area (Å²) >= 11 is 0. The van der Waals surface area contributed by atoms with Crippen LogP contribution in [-0.2, 0) is 6.54 Å². The first-order chi connectivity index (χ1) is 7.59. The summed E-state index contributed by atoms with van der Waals surface area (Å²) in [6.45, 7) is 8.02. The molecule has 1 rings (SSSR count). The standard InChI is InChI=1S/C13H22N2O/c1-10(2)5-4-8-14-9-12-13(16)7-6-11(3)15-12/h6-7,10,14,16H,4-5,8-9H2,1-3H3. The van der Waals surface area contributed by atoms with Crippen LogP contribution in [0.3, 0.4) is 0 Å². The van der Waals surface area contributed by atoms with Gasteiger partial charge >= 0.3 is 0 Å². The van der Waals surface area contributed by atoms with E-state index in [1.165, 1.54) is 12.8 Å². The minimum atomic E-state index is 0.280. The topological polar surface area (TPSA) is 45.1 Å². The average Bonchev–Trinajstić information content (AvgIpc) is 2.22. The molecule has 0 amide bonds. The summed E-state index contributed by atoms with van der Waals surface area (Å²) in [5, 5.41) is 12.9. The molecule has 0 fully saturated rings. The predicted molar refractivity (Wildman–Crippen MR) is 66.4 cm³/mol. The summed E-state index contributed by atoms with van der Waals surface area (Å²) in [7, 11) is 0. The van der Waals surface area contributed by atoms with Gasteiger partial charge in [-0.3, -0.25) is 4.98 Å². The van der Waals surface area contributed by atoms with E-state index in [0.29, 0.717) is 6.54 Å². The van der Waals surface area contributed by atoms with Gasteiger partial charge in [0.1, 0.15) is 5.75 Å². The third-order valence-electron chi connectivity index (χ3n) is 2.52. The molecule has 0 aliphatic carbocycles. The fraction of sp³-hybridized carbons (Fsp3) is 0.615. The number of rotatable bonds is 6. The zero-order valence-corrected chi connectivity index (χ0v) is 10.5. The molecule has 90 valence electrons. The van der Waals surface area contributed by atoms with Gasteiger partial charge in [-0.1, -0.05) is 13.8 Å². The summed E-state index contributed by atoms with van der Waals surface area (Å²) < 4.78 is 0. The highest BCUT2D eigenvalue weighted by Gasteiger charge is 2.02. The number of hydrogen-bond donors (Lipinski definition) is 2. The van der Waals surface area contributed by atoms with Crippen LogP contribution in [-0.4, -0.2) is 16.6 Å². The summed E-state index contributed by atoms with van der Waals surface area (Å²) in [6.07, 6.45) is 2.41. The van der Waals surface area contributed by atoms with Crippen LogP contribution in [0.4, 0.5) is 0 Å². The Morgan fingerprint density at radius 1 is 1.38 bits per heavy atom. The second-order valence-corrected chi connectivity index (χ2v) is 4.63. The smallest absolute Gasteiger partial charge is 0.138 e. The Morgan fingerprint density at radius 2 is 2.12 bits per heavy atom. The van der Waals surface area contributed by atoms with Crippen molar-refractivity contribution in [2.75, 3.05) is 6.54 Å². The van der Waals surface area contributed by atoms with E-state index in [4.69, 9.17) is 0 Å². The van der Waals surface area contributed by atoms with Gasteiger partial charge in [-0.2, -0.15) is 0 Å². The first-order valence-corrected chi connectivity index (χ1v) is 5.96. The van der Waals surface area contributed by atoms with Crippen molar-refractivity contribution < 1.29 is 5.11 Å². The summed E-state index contributed by atoms with van der Waals surface area (Å²) in [5.41, 5.74) is 1.68. The number of hydrogen-bond acceptors (Lipinski definition) is 3. The Bertz CT molecular complexity index is 324. The second-order valence-electron chi connectivity index (χ2n) is 4.63.